The minimum absolute atomic E-state index is 0.0545. The van der Waals surface area contributed by atoms with Gasteiger partial charge in [0.05, 0.1) is 6.10 Å². The van der Waals surface area contributed by atoms with Crippen LogP contribution in [0, 0.1) is 5.92 Å². The van der Waals surface area contributed by atoms with Crippen LogP contribution in [0.1, 0.15) is 44.9 Å². The fraction of sp³-hybridized carbons (Fsp3) is 0.464. The van der Waals surface area contributed by atoms with Gasteiger partial charge in [0.25, 0.3) is 0 Å². The van der Waals surface area contributed by atoms with Crippen molar-refractivity contribution in [1.82, 2.24) is 10.6 Å². The highest BCUT2D eigenvalue weighted by Crippen LogP contribution is 2.26. The summed E-state index contributed by atoms with van der Waals surface area (Å²) >= 11 is 0. The Bertz CT molecular complexity index is 1100. The minimum Gasteiger partial charge on any atom is -0.490 e. The summed E-state index contributed by atoms with van der Waals surface area (Å²) < 4.78 is 5.97. The van der Waals surface area contributed by atoms with Crippen LogP contribution in [0.4, 0.5) is 21.9 Å². The van der Waals surface area contributed by atoms with Crippen molar-refractivity contribution in [3.8, 4) is 5.75 Å². The van der Waals surface area contributed by atoms with Crippen molar-refractivity contribution >= 4 is 34.9 Å². The lowest BCUT2D eigenvalue weighted by atomic mass is 10.1. The molecule has 3 aliphatic rings. The van der Waals surface area contributed by atoms with Crippen LogP contribution in [0.3, 0.4) is 0 Å². The van der Waals surface area contributed by atoms with Crippen molar-refractivity contribution in [1.29, 1.82) is 0 Å². The maximum absolute atomic E-state index is 12.4. The van der Waals surface area contributed by atoms with Gasteiger partial charge in [-0.2, -0.15) is 0 Å². The van der Waals surface area contributed by atoms with Crippen molar-refractivity contribution in [2.24, 2.45) is 5.92 Å². The molecule has 2 aliphatic heterocycles. The Balaban J connectivity index is 1.04. The molecule has 2 aromatic carbocycles. The van der Waals surface area contributed by atoms with Crippen LogP contribution in [-0.2, 0) is 9.59 Å². The molecular weight excluding hydrogens is 470 g/mol. The van der Waals surface area contributed by atoms with E-state index >= 15 is 0 Å². The number of anilines is 3. The number of rotatable bonds is 8. The summed E-state index contributed by atoms with van der Waals surface area (Å²) in [5, 5.41) is 11.4. The third-order valence-corrected chi connectivity index (χ3v) is 7.37. The molecular formula is C28H35N5O4. The second-order valence-electron chi connectivity index (χ2n) is 10.2. The van der Waals surface area contributed by atoms with Gasteiger partial charge in [-0.15, -0.1) is 0 Å². The Kier molecular flexibility index (Phi) is 7.77. The summed E-state index contributed by atoms with van der Waals surface area (Å²) in [6.45, 7) is 2.37. The van der Waals surface area contributed by atoms with Gasteiger partial charge in [0.15, 0.2) is 0 Å². The number of hydrogen-bond donors (Lipinski definition) is 4. The van der Waals surface area contributed by atoms with Crippen molar-refractivity contribution < 1.29 is 19.1 Å². The zero-order chi connectivity index (χ0) is 25.6. The fourth-order valence-corrected chi connectivity index (χ4v) is 5.28. The highest BCUT2D eigenvalue weighted by Gasteiger charge is 2.29. The molecule has 196 valence electrons. The Labute approximate surface area is 217 Å². The lowest BCUT2D eigenvalue weighted by Crippen LogP contribution is -2.43. The lowest BCUT2D eigenvalue weighted by Gasteiger charge is -2.20. The molecule has 3 fully saturated rings. The Morgan fingerprint density at radius 3 is 2.24 bits per heavy atom. The molecule has 4 N–H and O–H groups in total. The minimum atomic E-state index is -0.391. The lowest BCUT2D eigenvalue weighted by molar-refractivity contribution is -0.125. The van der Waals surface area contributed by atoms with Crippen LogP contribution in [0.2, 0.25) is 0 Å². The van der Waals surface area contributed by atoms with Gasteiger partial charge in [0.2, 0.25) is 11.8 Å². The molecule has 1 saturated carbocycles. The molecule has 2 heterocycles. The predicted molar refractivity (Wildman–Crippen MR) is 143 cm³/mol. The quantitative estimate of drug-likeness (QED) is 0.435. The third-order valence-electron chi connectivity index (χ3n) is 7.37. The highest BCUT2D eigenvalue weighted by atomic mass is 16.5. The molecule has 4 amide bonds. The Morgan fingerprint density at radius 1 is 0.919 bits per heavy atom. The average molecular weight is 506 g/mol. The zero-order valence-electron chi connectivity index (χ0n) is 21.0. The summed E-state index contributed by atoms with van der Waals surface area (Å²) in [5.74, 6) is 1.05. The van der Waals surface area contributed by atoms with Crippen molar-refractivity contribution in [3.63, 3.8) is 0 Å². The molecule has 0 aromatic heterocycles. The van der Waals surface area contributed by atoms with Gasteiger partial charge >= 0.3 is 6.03 Å². The number of carbonyl (C=O) groups is 3. The van der Waals surface area contributed by atoms with Crippen LogP contribution in [0.25, 0.3) is 0 Å². The van der Waals surface area contributed by atoms with Gasteiger partial charge in [-0.1, -0.05) is 0 Å². The van der Waals surface area contributed by atoms with Crippen LogP contribution in [0.15, 0.2) is 48.5 Å². The zero-order valence-corrected chi connectivity index (χ0v) is 21.0. The number of hydrogen-bond acceptors (Lipinski definition) is 5. The van der Waals surface area contributed by atoms with E-state index < -0.39 is 6.04 Å². The topological polar surface area (TPSA) is 112 Å². The van der Waals surface area contributed by atoms with Crippen LogP contribution >= 0.6 is 0 Å². The van der Waals surface area contributed by atoms with E-state index in [1.807, 2.05) is 48.5 Å². The number of carbonyl (C=O) groups excluding carboxylic acids is 3. The van der Waals surface area contributed by atoms with E-state index in [1.165, 1.54) is 12.8 Å². The molecule has 1 aliphatic carbocycles. The first-order valence-corrected chi connectivity index (χ1v) is 13.3. The monoisotopic (exact) mass is 505 g/mol. The molecule has 37 heavy (non-hydrogen) atoms. The van der Waals surface area contributed by atoms with Crippen molar-refractivity contribution in [2.75, 3.05) is 35.2 Å². The summed E-state index contributed by atoms with van der Waals surface area (Å²) in [7, 11) is 0. The number of benzene rings is 2. The van der Waals surface area contributed by atoms with Gasteiger partial charge in [-0.05, 0) is 93.0 Å². The molecule has 5 rings (SSSR count). The number of nitrogens with zero attached hydrogens (tertiary/aromatic N) is 1. The van der Waals surface area contributed by atoms with E-state index in [1.54, 1.807) is 0 Å². The average Bonchev–Trinajstić information content (AvgIpc) is 3.67. The molecule has 2 atom stereocenters. The van der Waals surface area contributed by atoms with Gasteiger partial charge in [0.1, 0.15) is 11.8 Å². The van der Waals surface area contributed by atoms with Crippen LogP contribution in [-0.4, -0.2) is 49.6 Å². The Morgan fingerprint density at radius 2 is 1.59 bits per heavy atom. The summed E-state index contributed by atoms with van der Waals surface area (Å²) in [5.41, 5.74) is 2.50. The number of amides is 4. The standard InChI is InChI=1S/C28H35N5O4/c34-26-14-13-25(32-26)27(35)29-17-19-15-16-33(18-19)22-9-5-20(6-10-22)30-28(36)31-21-7-11-24(12-8-21)37-23-3-1-2-4-23/h5-12,19,23,25H,1-4,13-18H2,(H,29,35)(H,32,34)(H2,30,31,36)/t19?,25-/m1/s1. The van der Waals surface area contributed by atoms with Crippen LogP contribution in [0.5, 0.6) is 5.75 Å². The smallest absolute Gasteiger partial charge is 0.323 e. The SMILES string of the molecule is O=C1CC[C@H](C(=O)NCC2CCN(c3ccc(NC(=O)Nc4ccc(OC5CCCC5)cc4)cc3)C2)N1. The summed E-state index contributed by atoms with van der Waals surface area (Å²) in [6, 6.07) is 14.6. The van der Waals surface area contributed by atoms with E-state index in [2.05, 4.69) is 26.2 Å². The first-order valence-electron chi connectivity index (χ1n) is 13.3. The molecule has 9 nitrogen and oxygen atoms in total. The molecule has 1 unspecified atom stereocenters. The molecule has 0 radical (unpaired) electrons. The molecule has 9 heteroatoms. The first-order chi connectivity index (χ1) is 18.0. The van der Waals surface area contributed by atoms with Gasteiger partial charge in [-0.3, -0.25) is 9.59 Å². The second kappa shape index (κ2) is 11.5. The predicted octanol–water partition coefficient (Wildman–Crippen LogP) is 3.87. The van der Waals surface area contributed by atoms with E-state index in [0.29, 0.717) is 42.8 Å². The van der Waals surface area contributed by atoms with Crippen LogP contribution < -0.4 is 30.9 Å². The number of nitrogens with one attached hydrogen (secondary N) is 4. The van der Waals surface area contributed by atoms with Crippen molar-refractivity contribution in [2.45, 2.75) is 57.1 Å². The molecule has 0 spiro atoms. The second-order valence-corrected chi connectivity index (χ2v) is 10.2. The largest absolute Gasteiger partial charge is 0.490 e. The van der Waals surface area contributed by atoms with E-state index in [4.69, 9.17) is 4.74 Å². The molecule has 2 aromatic rings. The highest BCUT2D eigenvalue weighted by molar-refractivity contribution is 5.99. The summed E-state index contributed by atoms with van der Waals surface area (Å²) in [4.78, 5) is 38.3. The van der Waals surface area contributed by atoms with E-state index in [0.717, 1.165) is 43.8 Å². The van der Waals surface area contributed by atoms with Crippen molar-refractivity contribution in [3.05, 3.63) is 48.5 Å². The first kappa shape index (κ1) is 24.9. The van der Waals surface area contributed by atoms with Gasteiger partial charge in [0, 0.05) is 43.1 Å². The third kappa shape index (κ3) is 6.72. The van der Waals surface area contributed by atoms with Gasteiger partial charge < -0.3 is 30.9 Å². The molecule has 2 saturated heterocycles. The Hall–Kier alpha value is -3.75. The van der Waals surface area contributed by atoms with Gasteiger partial charge in [-0.25, -0.2) is 4.79 Å². The maximum Gasteiger partial charge on any atom is 0.323 e. The van der Waals surface area contributed by atoms with E-state index in [-0.39, 0.29) is 17.8 Å². The van der Waals surface area contributed by atoms with E-state index in [9.17, 15) is 14.4 Å². The maximum atomic E-state index is 12.4. The number of ether oxygens (including phenoxy) is 1. The summed E-state index contributed by atoms with van der Waals surface area (Å²) in [6.07, 6.45) is 6.97. The molecule has 0 bridgehead atoms. The number of urea groups is 1. The normalized spacial score (nSPS) is 21.5. The fourth-order valence-electron chi connectivity index (χ4n) is 5.28.